The number of aryl methyl sites for hydroxylation is 3. The van der Waals surface area contributed by atoms with Crippen LogP contribution in [0.4, 0.5) is 0 Å². The number of rotatable bonds is 4. The number of Topliss-reactive ketones (excluding diaryl/α,β-unsaturated/α-hetero) is 1. The summed E-state index contributed by atoms with van der Waals surface area (Å²) in [6, 6.07) is 9.80. The lowest BCUT2D eigenvalue weighted by Crippen LogP contribution is -2.09. The van der Waals surface area contributed by atoms with E-state index in [9.17, 15) is 4.79 Å². The van der Waals surface area contributed by atoms with E-state index in [1.807, 2.05) is 39.0 Å². The van der Waals surface area contributed by atoms with Gasteiger partial charge in [0.2, 0.25) is 0 Å². The second-order valence-electron chi connectivity index (χ2n) is 5.33. The minimum atomic E-state index is 0.138. The Labute approximate surface area is 134 Å². The van der Waals surface area contributed by atoms with Crippen LogP contribution >= 0.6 is 15.9 Å². The fourth-order valence-electron chi connectivity index (χ4n) is 2.69. The lowest BCUT2D eigenvalue weighted by Gasteiger charge is -2.12. The van der Waals surface area contributed by atoms with Gasteiger partial charge in [0, 0.05) is 16.5 Å². The first-order valence-corrected chi connectivity index (χ1v) is 7.65. The Morgan fingerprint density at radius 2 is 1.71 bits per heavy atom. The van der Waals surface area contributed by atoms with Gasteiger partial charge in [-0.25, -0.2) is 0 Å². The molecule has 0 aliphatic carbocycles. The van der Waals surface area contributed by atoms with Crippen molar-refractivity contribution in [3.8, 4) is 5.75 Å². The van der Waals surface area contributed by atoms with Gasteiger partial charge in [-0.1, -0.05) is 33.6 Å². The van der Waals surface area contributed by atoms with Crippen LogP contribution in [-0.2, 0) is 6.42 Å². The maximum Gasteiger partial charge on any atom is 0.167 e. The van der Waals surface area contributed by atoms with Crippen LogP contribution in [0.25, 0.3) is 0 Å². The predicted molar refractivity (Wildman–Crippen MR) is 89.4 cm³/mol. The van der Waals surface area contributed by atoms with Gasteiger partial charge >= 0.3 is 0 Å². The Bertz CT molecular complexity index is 667. The van der Waals surface area contributed by atoms with Gasteiger partial charge in [-0.05, 0) is 55.7 Å². The summed E-state index contributed by atoms with van der Waals surface area (Å²) >= 11 is 3.50. The first-order chi connectivity index (χ1) is 9.92. The van der Waals surface area contributed by atoms with Crippen molar-refractivity contribution in [2.45, 2.75) is 27.2 Å². The number of carbonyl (C=O) groups is 1. The lowest BCUT2D eigenvalue weighted by atomic mass is 9.93. The highest BCUT2D eigenvalue weighted by Gasteiger charge is 2.15. The van der Waals surface area contributed by atoms with Crippen molar-refractivity contribution in [3.63, 3.8) is 0 Å². The van der Waals surface area contributed by atoms with Crippen molar-refractivity contribution in [1.82, 2.24) is 0 Å². The topological polar surface area (TPSA) is 26.3 Å². The van der Waals surface area contributed by atoms with Gasteiger partial charge in [0.1, 0.15) is 5.75 Å². The van der Waals surface area contributed by atoms with Gasteiger partial charge in [-0.3, -0.25) is 4.79 Å². The van der Waals surface area contributed by atoms with Gasteiger partial charge in [0.05, 0.1) is 7.11 Å². The highest BCUT2D eigenvalue weighted by Crippen LogP contribution is 2.25. The summed E-state index contributed by atoms with van der Waals surface area (Å²) < 4.78 is 6.16. The molecule has 0 aliphatic heterocycles. The third-order valence-corrected chi connectivity index (χ3v) is 4.33. The number of methoxy groups -OCH3 is 1. The van der Waals surface area contributed by atoms with Crippen LogP contribution in [0.3, 0.4) is 0 Å². The molecule has 0 N–H and O–H groups in total. The Hall–Kier alpha value is -1.61. The van der Waals surface area contributed by atoms with Gasteiger partial charge < -0.3 is 4.74 Å². The first kappa shape index (κ1) is 15.8. The fourth-order valence-corrected chi connectivity index (χ4v) is 3.08. The molecule has 0 aromatic heterocycles. The second-order valence-corrected chi connectivity index (χ2v) is 6.19. The van der Waals surface area contributed by atoms with Gasteiger partial charge in [0.25, 0.3) is 0 Å². The minimum Gasteiger partial charge on any atom is -0.497 e. The molecular formula is C18H19BrO2. The summed E-state index contributed by atoms with van der Waals surface area (Å²) in [5.74, 6) is 0.900. The highest BCUT2D eigenvalue weighted by atomic mass is 79.9. The third kappa shape index (κ3) is 3.53. The quantitative estimate of drug-likeness (QED) is 0.742. The van der Waals surface area contributed by atoms with Crippen LogP contribution in [0.15, 0.2) is 34.8 Å². The molecule has 0 atom stereocenters. The average molecular weight is 347 g/mol. The smallest absolute Gasteiger partial charge is 0.167 e. The van der Waals surface area contributed by atoms with Crippen LogP contribution < -0.4 is 4.74 Å². The van der Waals surface area contributed by atoms with Crippen LogP contribution in [0, 0.1) is 20.8 Å². The van der Waals surface area contributed by atoms with E-state index in [0.717, 1.165) is 32.5 Å². The number of benzene rings is 2. The number of carbonyl (C=O) groups excluding carboxylic acids is 1. The van der Waals surface area contributed by atoms with E-state index in [2.05, 4.69) is 28.1 Å². The molecule has 0 unspecified atom stereocenters. The largest absolute Gasteiger partial charge is 0.497 e. The molecule has 0 saturated carbocycles. The van der Waals surface area contributed by atoms with E-state index >= 15 is 0 Å². The normalized spacial score (nSPS) is 10.5. The molecule has 0 heterocycles. The number of ketones is 1. The zero-order valence-corrected chi connectivity index (χ0v) is 14.4. The van der Waals surface area contributed by atoms with E-state index in [-0.39, 0.29) is 5.78 Å². The molecule has 0 aliphatic rings. The van der Waals surface area contributed by atoms with Crippen LogP contribution in [0.5, 0.6) is 5.75 Å². The SMILES string of the molecule is COc1ccc(Br)c(CC(=O)c2c(C)cc(C)cc2C)c1. The molecule has 2 nitrogen and oxygen atoms in total. The van der Waals surface area contributed by atoms with E-state index in [4.69, 9.17) is 4.74 Å². The molecule has 3 heteroatoms. The van der Waals surface area contributed by atoms with Crippen molar-refractivity contribution < 1.29 is 9.53 Å². The summed E-state index contributed by atoms with van der Waals surface area (Å²) in [5.41, 5.74) is 5.03. The second kappa shape index (κ2) is 6.44. The van der Waals surface area contributed by atoms with Crippen molar-refractivity contribution in [2.75, 3.05) is 7.11 Å². The van der Waals surface area contributed by atoms with E-state index < -0.39 is 0 Å². The van der Waals surface area contributed by atoms with Crippen LogP contribution in [0.1, 0.15) is 32.6 Å². The van der Waals surface area contributed by atoms with E-state index in [1.54, 1.807) is 7.11 Å². The first-order valence-electron chi connectivity index (χ1n) is 6.86. The Morgan fingerprint density at radius 3 is 2.29 bits per heavy atom. The standard InChI is InChI=1S/C18H19BrO2/c1-11-7-12(2)18(13(3)8-11)17(20)10-14-9-15(21-4)5-6-16(14)19/h5-9H,10H2,1-4H3. The maximum atomic E-state index is 12.7. The van der Waals surface area contributed by atoms with Crippen molar-refractivity contribution >= 4 is 21.7 Å². The molecule has 2 rings (SSSR count). The molecule has 2 aromatic rings. The molecule has 0 saturated heterocycles. The molecule has 0 bridgehead atoms. The predicted octanol–water partition coefficient (Wildman–Crippen LogP) is 4.81. The molecular weight excluding hydrogens is 328 g/mol. The number of ether oxygens (including phenoxy) is 1. The number of hydrogen-bond acceptors (Lipinski definition) is 2. The zero-order valence-electron chi connectivity index (χ0n) is 12.8. The Morgan fingerprint density at radius 1 is 1.10 bits per heavy atom. The highest BCUT2D eigenvalue weighted by molar-refractivity contribution is 9.10. The zero-order chi connectivity index (χ0) is 15.6. The van der Waals surface area contributed by atoms with Gasteiger partial charge in [0.15, 0.2) is 5.78 Å². The summed E-state index contributed by atoms with van der Waals surface area (Å²) in [6.07, 6.45) is 0.364. The van der Waals surface area contributed by atoms with Crippen molar-refractivity contribution in [1.29, 1.82) is 0 Å². The van der Waals surface area contributed by atoms with Crippen LogP contribution in [0.2, 0.25) is 0 Å². The number of halogens is 1. The maximum absolute atomic E-state index is 12.7. The van der Waals surface area contributed by atoms with Gasteiger partial charge in [-0.2, -0.15) is 0 Å². The molecule has 2 aromatic carbocycles. The summed E-state index contributed by atoms with van der Waals surface area (Å²) in [6.45, 7) is 6.04. The van der Waals surface area contributed by atoms with Crippen LogP contribution in [-0.4, -0.2) is 12.9 Å². The average Bonchev–Trinajstić information content (AvgIpc) is 2.40. The lowest BCUT2D eigenvalue weighted by molar-refractivity contribution is 0.0991. The Kier molecular flexibility index (Phi) is 4.84. The fraction of sp³-hybridized carbons (Fsp3) is 0.278. The molecule has 0 radical (unpaired) electrons. The summed E-state index contributed by atoms with van der Waals surface area (Å²) in [7, 11) is 1.63. The van der Waals surface area contributed by atoms with E-state index in [1.165, 1.54) is 5.56 Å². The van der Waals surface area contributed by atoms with Crippen molar-refractivity contribution in [2.24, 2.45) is 0 Å². The molecule has 0 amide bonds. The number of hydrogen-bond donors (Lipinski definition) is 0. The van der Waals surface area contributed by atoms with Gasteiger partial charge in [-0.15, -0.1) is 0 Å². The molecule has 110 valence electrons. The third-order valence-electron chi connectivity index (χ3n) is 3.56. The molecule has 0 fully saturated rings. The van der Waals surface area contributed by atoms with Crippen molar-refractivity contribution in [3.05, 3.63) is 62.6 Å². The summed E-state index contributed by atoms with van der Waals surface area (Å²) in [4.78, 5) is 12.7. The Balaban J connectivity index is 2.35. The van der Waals surface area contributed by atoms with E-state index in [0.29, 0.717) is 6.42 Å². The molecule has 21 heavy (non-hydrogen) atoms. The monoisotopic (exact) mass is 346 g/mol. The minimum absolute atomic E-state index is 0.138. The molecule has 0 spiro atoms. The summed E-state index contributed by atoms with van der Waals surface area (Å²) in [5, 5.41) is 0.